The molecule has 0 aliphatic heterocycles. The van der Waals surface area contributed by atoms with Crippen LogP contribution in [0, 0.1) is 68.0 Å². The number of halogens is 1. The van der Waals surface area contributed by atoms with E-state index in [0.29, 0.717) is 16.5 Å². The molecule has 28 heavy (non-hydrogen) atoms. The van der Waals surface area contributed by atoms with Crippen LogP contribution in [-0.2, 0) is 0 Å². The van der Waals surface area contributed by atoms with E-state index < -0.39 is 11.3 Å². The van der Waals surface area contributed by atoms with Gasteiger partial charge in [0.1, 0.15) is 0 Å². The molecule has 0 radical (unpaired) electrons. The summed E-state index contributed by atoms with van der Waals surface area (Å²) in [6.07, 6.45) is 3.57. The maximum Gasteiger partial charge on any atom is 0.203 e. The van der Waals surface area contributed by atoms with Crippen LogP contribution in [-0.4, -0.2) is 5.71 Å². The number of hydrogen-bond donors (Lipinski definition) is 1. The van der Waals surface area contributed by atoms with Crippen LogP contribution in [0.4, 0.5) is 0 Å². The van der Waals surface area contributed by atoms with Gasteiger partial charge in [0, 0.05) is 10.9 Å². The molecule has 1 saturated carbocycles. The van der Waals surface area contributed by atoms with E-state index in [0.717, 1.165) is 18.4 Å². The van der Waals surface area contributed by atoms with Gasteiger partial charge in [-0.05, 0) is 53.4 Å². The third-order valence-electron chi connectivity index (χ3n) is 6.45. The van der Waals surface area contributed by atoms with Crippen LogP contribution in [0.15, 0.2) is 35.9 Å². The smallest absolute Gasteiger partial charge is 0.203 e. The average Bonchev–Trinajstić information content (AvgIpc) is 2.67. The minimum Gasteiger partial charge on any atom is -0.305 e. The van der Waals surface area contributed by atoms with Gasteiger partial charge in [-0.15, -0.1) is 0 Å². The molecule has 3 rings (SSSR count). The molecule has 4 nitrogen and oxygen atoms in total. The monoisotopic (exact) mass is 390 g/mol. The zero-order valence-electron chi connectivity index (χ0n) is 16.3. The molecule has 0 spiro atoms. The van der Waals surface area contributed by atoms with Gasteiger partial charge in [-0.3, -0.25) is 0 Å². The summed E-state index contributed by atoms with van der Waals surface area (Å²) in [5.41, 5.74) is -0.0416. The van der Waals surface area contributed by atoms with Gasteiger partial charge in [0.15, 0.2) is 0 Å². The zero-order chi connectivity index (χ0) is 20.7. The lowest BCUT2D eigenvalue weighted by atomic mass is 9.52. The lowest BCUT2D eigenvalue weighted by molar-refractivity contribution is 0.171. The highest BCUT2D eigenvalue weighted by Crippen LogP contribution is 2.56. The van der Waals surface area contributed by atoms with Gasteiger partial charge in [-0.2, -0.15) is 15.8 Å². The number of allylic oxidation sites excluding steroid dienone is 2. The number of nitriles is 3. The largest absolute Gasteiger partial charge is 0.305 e. The van der Waals surface area contributed by atoms with Crippen LogP contribution >= 0.6 is 11.6 Å². The molecule has 142 valence electrons. The molecule has 0 bridgehead atoms. The lowest BCUT2D eigenvalue weighted by Gasteiger charge is -2.48. The molecule has 1 aromatic carbocycles. The van der Waals surface area contributed by atoms with E-state index in [4.69, 9.17) is 17.0 Å². The molecule has 2 aliphatic carbocycles. The first-order valence-electron chi connectivity index (χ1n) is 9.46. The van der Waals surface area contributed by atoms with Gasteiger partial charge >= 0.3 is 0 Å². The zero-order valence-corrected chi connectivity index (χ0v) is 17.1. The third-order valence-corrected chi connectivity index (χ3v) is 6.71. The molecule has 0 unspecified atom stereocenters. The Morgan fingerprint density at radius 3 is 2.21 bits per heavy atom. The minimum atomic E-state index is -1.64. The Morgan fingerprint density at radius 2 is 1.71 bits per heavy atom. The van der Waals surface area contributed by atoms with Crippen molar-refractivity contribution in [1.82, 2.24) is 0 Å². The summed E-state index contributed by atoms with van der Waals surface area (Å²) in [5, 5.41) is 39.0. The van der Waals surface area contributed by atoms with Crippen molar-refractivity contribution < 1.29 is 0 Å². The Bertz CT molecular complexity index is 933. The first kappa shape index (κ1) is 20.1. The highest BCUT2D eigenvalue weighted by molar-refractivity contribution is 6.30. The van der Waals surface area contributed by atoms with Crippen LogP contribution in [0.2, 0.25) is 5.02 Å². The summed E-state index contributed by atoms with van der Waals surface area (Å²) in [4.78, 5) is 0. The molecule has 2 aliphatic rings. The molecule has 1 fully saturated rings. The van der Waals surface area contributed by atoms with Crippen molar-refractivity contribution >= 4 is 17.3 Å². The Hall–Kier alpha value is -2.61. The number of benzene rings is 1. The van der Waals surface area contributed by atoms with Crippen molar-refractivity contribution in [3.8, 4) is 18.2 Å². The molecular formula is C23H23ClN4. The fraction of sp³-hybridized carbons (Fsp3) is 0.478. The molecule has 5 heteroatoms. The van der Waals surface area contributed by atoms with Crippen molar-refractivity contribution in [2.75, 3.05) is 0 Å². The maximum atomic E-state index is 9.93. The van der Waals surface area contributed by atoms with Crippen molar-refractivity contribution in [1.29, 1.82) is 21.2 Å². The topological polar surface area (TPSA) is 95.2 Å². The predicted molar refractivity (Wildman–Crippen MR) is 108 cm³/mol. The van der Waals surface area contributed by atoms with Gasteiger partial charge in [0.25, 0.3) is 0 Å². The Balaban J connectivity index is 2.22. The molecule has 0 saturated heterocycles. The molecule has 4 atom stereocenters. The SMILES string of the molecule is CC(C)(C)[C@H]1CC=C2[C@H](C1)[C@@H](c1ccc(Cl)cc1)[C@H](C#N)C(=N)C2(C#N)C#N. The van der Waals surface area contributed by atoms with Gasteiger partial charge < -0.3 is 5.41 Å². The number of nitrogens with one attached hydrogen (secondary N) is 1. The number of fused-ring (bicyclic) bond motifs is 1. The van der Waals surface area contributed by atoms with E-state index in [1.54, 1.807) is 12.1 Å². The van der Waals surface area contributed by atoms with Crippen LogP contribution in [0.1, 0.15) is 45.1 Å². The average molecular weight is 391 g/mol. The summed E-state index contributed by atoms with van der Waals surface area (Å²) in [5.74, 6) is -0.836. The standard InChI is InChI=1S/C23H23ClN4/c1-22(2,3)15-6-9-19-17(10-15)20(14-4-7-16(24)8-5-14)18(11-25)21(28)23(19,12-26)13-27/h4-5,7-9,15,17-18,20,28H,6,10H2,1-3H3/t15-,17-,18-,20+/m0/s1. The predicted octanol–water partition coefficient (Wildman–Crippen LogP) is 5.63. The second-order valence-electron chi connectivity index (χ2n) is 8.87. The van der Waals surface area contributed by atoms with Crippen molar-refractivity contribution in [3.05, 3.63) is 46.5 Å². The first-order valence-corrected chi connectivity index (χ1v) is 9.84. The molecule has 1 aromatic rings. The van der Waals surface area contributed by atoms with Gasteiger partial charge in [0.05, 0.1) is 29.8 Å². The van der Waals surface area contributed by atoms with E-state index in [9.17, 15) is 15.8 Å². The lowest BCUT2D eigenvalue weighted by Crippen LogP contribution is -2.49. The van der Waals surface area contributed by atoms with Gasteiger partial charge in [-0.25, -0.2) is 0 Å². The van der Waals surface area contributed by atoms with Crippen LogP contribution in [0.25, 0.3) is 0 Å². The highest BCUT2D eigenvalue weighted by atomic mass is 35.5. The summed E-state index contributed by atoms with van der Waals surface area (Å²) in [7, 11) is 0. The molecule has 1 N–H and O–H groups in total. The Morgan fingerprint density at radius 1 is 1.11 bits per heavy atom. The quantitative estimate of drug-likeness (QED) is 0.629. The highest BCUT2D eigenvalue weighted by Gasteiger charge is 2.57. The minimum absolute atomic E-state index is 0.0710. The van der Waals surface area contributed by atoms with Crippen LogP contribution < -0.4 is 0 Å². The summed E-state index contributed by atoms with van der Waals surface area (Å²) < 4.78 is 0. The first-order chi connectivity index (χ1) is 13.2. The van der Waals surface area contributed by atoms with E-state index in [1.165, 1.54) is 0 Å². The van der Waals surface area contributed by atoms with E-state index in [1.807, 2.05) is 18.2 Å². The Kier molecular flexibility index (Phi) is 5.10. The number of nitrogens with zero attached hydrogens (tertiary/aromatic N) is 3. The summed E-state index contributed by atoms with van der Waals surface area (Å²) in [6.45, 7) is 6.59. The fourth-order valence-corrected chi connectivity index (χ4v) is 4.88. The van der Waals surface area contributed by atoms with Gasteiger partial charge in [-0.1, -0.05) is 50.6 Å². The summed E-state index contributed by atoms with van der Waals surface area (Å²) in [6, 6.07) is 13.8. The molecule has 0 heterocycles. The third kappa shape index (κ3) is 3.01. The molecule has 0 amide bonds. The van der Waals surface area contributed by atoms with Crippen molar-refractivity contribution in [2.24, 2.45) is 28.6 Å². The molecule has 0 aromatic heterocycles. The Labute approximate surface area is 171 Å². The normalized spacial score (nSPS) is 28.9. The fourth-order valence-electron chi connectivity index (χ4n) is 4.76. The maximum absolute atomic E-state index is 9.93. The second kappa shape index (κ2) is 7.09. The van der Waals surface area contributed by atoms with E-state index in [-0.39, 0.29) is 23.0 Å². The van der Waals surface area contributed by atoms with Crippen LogP contribution in [0.5, 0.6) is 0 Å². The number of rotatable bonds is 1. The molecular weight excluding hydrogens is 368 g/mol. The van der Waals surface area contributed by atoms with Gasteiger partial charge in [0.2, 0.25) is 5.41 Å². The van der Waals surface area contributed by atoms with Crippen molar-refractivity contribution in [3.63, 3.8) is 0 Å². The summed E-state index contributed by atoms with van der Waals surface area (Å²) >= 11 is 6.06. The van der Waals surface area contributed by atoms with Crippen LogP contribution in [0.3, 0.4) is 0 Å². The number of hydrogen-bond acceptors (Lipinski definition) is 4. The van der Waals surface area contributed by atoms with Crippen molar-refractivity contribution in [2.45, 2.75) is 39.5 Å². The van der Waals surface area contributed by atoms with E-state index in [2.05, 4.69) is 39.0 Å². The van der Waals surface area contributed by atoms with E-state index >= 15 is 0 Å². The second-order valence-corrected chi connectivity index (χ2v) is 9.31.